The molecule has 1 fully saturated rings. The van der Waals surface area contributed by atoms with E-state index in [-0.39, 0.29) is 11.4 Å². The Bertz CT molecular complexity index is 214. The Morgan fingerprint density at radius 2 is 1.81 bits per heavy atom. The minimum atomic E-state index is 0.102. The van der Waals surface area contributed by atoms with Gasteiger partial charge in [-0.05, 0) is 33.6 Å². The van der Waals surface area contributed by atoms with Gasteiger partial charge in [0.15, 0.2) is 0 Å². The molecule has 0 radical (unpaired) electrons. The van der Waals surface area contributed by atoms with Gasteiger partial charge in [0.25, 0.3) is 0 Å². The lowest BCUT2D eigenvalue weighted by molar-refractivity contribution is -0.121. The van der Waals surface area contributed by atoms with Crippen molar-refractivity contribution >= 4 is 5.91 Å². The SMILES string of the molecule is CC(C)(C)NCCC(=O)NC1CCCCC1. The number of rotatable bonds is 4. The van der Waals surface area contributed by atoms with Crippen LogP contribution in [-0.2, 0) is 4.79 Å². The van der Waals surface area contributed by atoms with Gasteiger partial charge in [0.2, 0.25) is 5.91 Å². The summed E-state index contributed by atoms with van der Waals surface area (Å²) in [4.78, 5) is 11.6. The van der Waals surface area contributed by atoms with Gasteiger partial charge in [0.05, 0.1) is 0 Å². The van der Waals surface area contributed by atoms with Crippen LogP contribution in [0.25, 0.3) is 0 Å². The molecule has 3 heteroatoms. The topological polar surface area (TPSA) is 41.1 Å². The molecule has 0 saturated heterocycles. The molecule has 0 bridgehead atoms. The van der Waals surface area contributed by atoms with Crippen LogP contribution in [0.4, 0.5) is 0 Å². The molecule has 0 heterocycles. The zero-order chi connectivity index (χ0) is 12.0. The summed E-state index contributed by atoms with van der Waals surface area (Å²) in [5.41, 5.74) is 0.102. The van der Waals surface area contributed by atoms with E-state index in [9.17, 15) is 4.79 Å². The molecule has 0 spiro atoms. The molecule has 0 aromatic carbocycles. The Hall–Kier alpha value is -0.570. The maximum absolute atomic E-state index is 11.6. The fraction of sp³-hybridized carbons (Fsp3) is 0.923. The van der Waals surface area contributed by atoms with E-state index in [1.165, 1.54) is 32.1 Å². The number of amides is 1. The molecule has 16 heavy (non-hydrogen) atoms. The van der Waals surface area contributed by atoms with Gasteiger partial charge >= 0.3 is 0 Å². The Kier molecular flexibility index (Phi) is 5.26. The van der Waals surface area contributed by atoms with Crippen molar-refractivity contribution in [2.24, 2.45) is 0 Å². The summed E-state index contributed by atoms with van der Waals surface area (Å²) in [6, 6.07) is 0.441. The molecule has 0 unspecified atom stereocenters. The summed E-state index contributed by atoms with van der Waals surface area (Å²) in [5.74, 6) is 0.198. The molecular weight excluding hydrogens is 200 g/mol. The number of carbonyl (C=O) groups is 1. The Morgan fingerprint density at radius 3 is 2.38 bits per heavy atom. The zero-order valence-corrected chi connectivity index (χ0v) is 10.9. The first-order chi connectivity index (χ1) is 7.47. The van der Waals surface area contributed by atoms with Crippen LogP contribution in [0, 0.1) is 0 Å². The van der Waals surface area contributed by atoms with Crippen LogP contribution in [0.5, 0.6) is 0 Å². The van der Waals surface area contributed by atoms with Crippen molar-refractivity contribution in [1.82, 2.24) is 10.6 Å². The van der Waals surface area contributed by atoms with E-state index in [0.717, 1.165) is 6.54 Å². The fourth-order valence-electron chi connectivity index (χ4n) is 2.10. The van der Waals surface area contributed by atoms with Gasteiger partial charge in [-0.2, -0.15) is 0 Å². The molecule has 0 aromatic rings. The first-order valence-corrected chi connectivity index (χ1v) is 6.52. The van der Waals surface area contributed by atoms with E-state index in [0.29, 0.717) is 12.5 Å². The third-order valence-corrected chi connectivity index (χ3v) is 2.98. The highest BCUT2D eigenvalue weighted by Gasteiger charge is 2.16. The molecule has 1 aliphatic carbocycles. The van der Waals surface area contributed by atoms with E-state index in [4.69, 9.17) is 0 Å². The van der Waals surface area contributed by atoms with Crippen LogP contribution < -0.4 is 10.6 Å². The summed E-state index contributed by atoms with van der Waals surface area (Å²) in [6.07, 6.45) is 6.79. The second kappa shape index (κ2) is 6.24. The van der Waals surface area contributed by atoms with Crippen LogP contribution in [0.2, 0.25) is 0 Å². The monoisotopic (exact) mass is 226 g/mol. The maximum atomic E-state index is 11.6. The third kappa shape index (κ3) is 6.11. The van der Waals surface area contributed by atoms with Crippen LogP contribution >= 0.6 is 0 Å². The minimum Gasteiger partial charge on any atom is -0.353 e. The van der Waals surface area contributed by atoms with Crippen molar-refractivity contribution in [2.45, 2.75) is 70.9 Å². The molecule has 2 N–H and O–H groups in total. The Morgan fingerprint density at radius 1 is 1.19 bits per heavy atom. The van der Waals surface area contributed by atoms with Crippen LogP contribution in [0.3, 0.4) is 0 Å². The lowest BCUT2D eigenvalue weighted by Gasteiger charge is -2.24. The third-order valence-electron chi connectivity index (χ3n) is 2.98. The van der Waals surface area contributed by atoms with E-state index < -0.39 is 0 Å². The van der Waals surface area contributed by atoms with Crippen LogP contribution in [0.15, 0.2) is 0 Å². The second-order valence-electron chi connectivity index (χ2n) is 5.83. The summed E-state index contributed by atoms with van der Waals surface area (Å²) in [5, 5.41) is 6.46. The Labute approximate surface area is 99.4 Å². The van der Waals surface area contributed by atoms with Gasteiger partial charge in [-0.15, -0.1) is 0 Å². The van der Waals surface area contributed by atoms with Crippen molar-refractivity contribution < 1.29 is 4.79 Å². The average Bonchev–Trinajstić information content (AvgIpc) is 2.17. The highest BCUT2D eigenvalue weighted by molar-refractivity contribution is 5.76. The lowest BCUT2D eigenvalue weighted by atomic mass is 9.95. The molecule has 3 nitrogen and oxygen atoms in total. The molecule has 0 aliphatic heterocycles. The summed E-state index contributed by atoms with van der Waals surface area (Å²) < 4.78 is 0. The van der Waals surface area contributed by atoms with Crippen molar-refractivity contribution in [1.29, 1.82) is 0 Å². The highest BCUT2D eigenvalue weighted by atomic mass is 16.1. The van der Waals surface area contributed by atoms with Gasteiger partial charge in [-0.25, -0.2) is 0 Å². The smallest absolute Gasteiger partial charge is 0.221 e. The van der Waals surface area contributed by atoms with Gasteiger partial charge in [0, 0.05) is 24.5 Å². The predicted molar refractivity (Wildman–Crippen MR) is 67.4 cm³/mol. The summed E-state index contributed by atoms with van der Waals surface area (Å²) >= 11 is 0. The minimum absolute atomic E-state index is 0.102. The second-order valence-corrected chi connectivity index (χ2v) is 5.83. The predicted octanol–water partition coefficient (Wildman–Crippen LogP) is 2.21. The van der Waals surface area contributed by atoms with Gasteiger partial charge in [-0.3, -0.25) is 4.79 Å². The standard InChI is InChI=1S/C13H26N2O/c1-13(2,3)14-10-9-12(16)15-11-7-5-4-6-8-11/h11,14H,4-10H2,1-3H3,(H,15,16). The summed E-state index contributed by atoms with van der Waals surface area (Å²) in [6.45, 7) is 7.12. The van der Waals surface area contributed by atoms with Crippen LogP contribution in [-0.4, -0.2) is 24.0 Å². The summed E-state index contributed by atoms with van der Waals surface area (Å²) in [7, 11) is 0. The van der Waals surface area contributed by atoms with Crippen molar-refractivity contribution in [3.05, 3.63) is 0 Å². The number of hydrogen-bond donors (Lipinski definition) is 2. The molecule has 0 atom stereocenters. The first-order valence-electron chi connectivity index (χ1n) is 6.52. The molecule has 1 saturated carbocycles. The molecule has 1 aliphatic rings. The van der Waals surface area contributed by atoms with E-state index in [2.05, 4.69) is 31.4 Å². The Balaban J connectivity index is 2.10. The van der Waals surface area contributed by atoms with Crippen molar-refractivity contribution in [2.75, 3.05) is 6.54 Å². The maximum Gasteiger partial charge on any atom is 0.221 e. The quantitative estimate of drug-likeness (QED) is 0.771. The lowest BCUT2D eigenvalue weighted by Crippen LogP contribution is -2.41. The number of carbonyl (C=O) groups excluding carboxylic acids is 1. The average molecular weight is 226 g/mol. The first kappa shape index (κ1) is 13.5. The van der Waals surface area contributed by atoms with E-state index in [1.807, 2.05) is 0 Å². The zero-order valence-electron chi connectivity index (χ0n) is 10.9. The molecule has 0 aromatic heterocycles. The molecular formula is C13H26N2O. The normalized spacial score (nSPS) is 18.4. The molecule has 1 rings (SSSR count). The van der Waals surface area contributed by atoms with Crippen molar-refractivity contribution in [3.8, 4) is 0 Å². The van der Waals surface area contributed by atoms with Crippen molar-refractivity contribution in [3.63, 3.8) is 0 Å². The largest absolute Gasteiger partial charge is 0.353 e. The van der Waals surface area contributed by atoms with E-state index in [1.54, 1.807) is 0 Å². The highest BCUT2D eigenvalue weighted by Crippen LogP contribution is 2.17. The van der Waals surface area contributed by atoms with E-state index >= 15 is 0 Å². The van der Waals surface area contributed by atoms with Gasteiger partial charge in [0.1, 0.15) is 0 Å². The van der Waals surface area contributed by atoms with Crippen LogP contribution in [0.1, 0.15) is 59.3 Å². The van der Waals surface area contributed by atoms with Gasteiger partial charge < -0.3 is 10.6 Å². The van der Waals surface area contributed by atoms with Gasteiger partial charge in [-0.1, -0.05) is 19.3 Å². The fourth-order valence-corrected chi connectivity index (χ4v) is 2.10. The molecule has 1 amide bonds. The molecule has 94 valence electrons. The number of nitrogens with one attached hydrogen (secondary N) is 2. The number of hydrogen-bond acceptors (Lipinski definition) is 2.